The molecule has 1 fully saturated rings. The van der Waals surface area contributed by atoms with E-state index in [1.807, 2.05) is 37.3 Å². The molecule has 1 saturated carbocycles. The molecule has 0 amide bonds. The van der Waals surface area contributed by atoms with E-state index in [1.165, 1.54) is 63.4 Å². The molecule has 0 radical (unpaired) electrons. The third-order valence-electron chi connectivity index (χ3n) is 6.25. The maximum Gasteiger partial charge on any atom is 0.131 e. The zero-order valence-corrected chi connectivity index (χ0v) is 17.6. The molecule has 0 bridgehead atoms. The van der Waals surface area contributed by atoms with Gasteiger partial charge in [-0.05, 0) is 73.8 Å². The summed E-state index contributed by atoms with van der Waals surface area (Å²) in [6.07, 6.45) is 11.9. The molecule has 1 aliphatic rings. The second kappa shape index (κ2) is 10.6. The highest BCUT2D eigenvalue weighted by atomic mass is 19.1. The van der Waals surface area contributed by atoms with E-state index in [-0.39, 0.29) is 5.82 Å². The van der Waals surface area contributed by atoms with Crippen LogP contribution in [-0.4, -0.2) is 6.61 Å². The van der Waals surface area contributed by atoms with Crippen molar-refractivity contribution in [2.75, 3.05) is 6.61 Å². The van der Waals surface area contributed by atoms with Crippen LogP contribution in [0.5, 0.6) is 5.75 Å². The molecule has 1 aliphatic carbocycles. The number of hydrogen-bond acceptors (Lipinski definition) is 1. The van der Waals surface area contributed by atoms with Crippen molar-refractivity contribution in [1.82, 2.24) is 0 Å². The lowest BCUT2D eigenvalue weighted by Crippen LogP contribution is -2.13. The third kappa shape index (κ3) is 5.59. The predicted molar refractivity (Wildman–Crippen MR) is 116 cm³/mol. The van der Waals surface area contributed by atoms with Crippen LogP contribution in [0.4, 0.5) is 4.39 Å². The largest absolute Gasteiger partial charge is 0.494 e. The van der Waals surface area contributed by atoms with Crippen molar-refractivity contribution >= 4 is 0 Å². The number of hydrogen-bond donors (Lipinski definition) is 0. The van der Waals surface area contributed by atoms with E-state index in [4.69, 9.17) is 4.74 Å². The fourth-order valence-corrected chi connectivity index (χ4v) is 4.56. The highest BCUT2D eigenvalue weighted by molar-refractivity contribution is 5.65. The molecule has 0 spiro atoms. The fourth-order valence-electron chi connectivity index (χ4n) is 4.56. The molecule has 0 N–H and O–H groups in total. The Bertz CT molecular complexity index is 714. The van der Waals surface area contributed by atoms with Gasteiger partial charge in [0.15, 0.2) is 0 Å². The van der Waals surface area contributed by atoms with Crippen LogP contribution in [0.25, 0.3) is 11.1 Å². The van der Waals surface area contributed by atoms with Crippen molar-refractivity contribution in [2.24, 2.45) is 5.92 Å². The molecule has 0 atom stereocenters. The summed E-state index contributed by atoms with van der Waals surface area (Å²) < 4.78 is 20.3. The highest BCUT2D eigenvalue weighted by Gasteiger charge is 2.23. The molecule has 2 heteroatoms. The van der Waals surface area contributed by atoms with Crippen LogP contribution in [0, 0.1) is 11.7 Å². The van der Waals surface area contributed by atoms with Crippen LogP contribution >= 0.6 is 0 Å². The zero-order valence-electron chi connectivity index (χ0n) is 17.6. The van der Waals surface area contributed by atoms with Gasteiger partial charge in [-0.25, -0.2) is 4.39 Å². The Morgan fingerprint density at radius 1 is 0.893 bits per heavy atom. The lowest BCUT2D eigenvalue weighted by molar-refractivity contribution is 0.302. The van der Waals surface area contributed by atoms with Crippen molar-refractivity contribution in [3.63, 3.8) is 0 Å². The van der Waals surface area contributed by atoms with Gasteiger partial charge >= 0.3 is 0 Å². The number of ether oxygens (including phenoxy) is 1. The minimum Gasteiger partial charge on any atom is -0.494 e. The Morgan fingerprint density at radius 3 is 2.29 bits per heavy atom. The maximum absolute atomic E-state index is 14.8. The maximum atomic E-state index is 14.8. The van der Waals surface area contributed by atoms with Gasteiger partial charge < -0.3 is 4.74 Å². The van der Waals surface area contributed by atoms with Crippen molar-refractivity contribution in [3.8, 4) is 16.9 Å². The molecule has 0 unspecified atom stereocenters. The Hall–Kier alpha value is -1.83. The number of benzene rings is 2. The summed E-state index contributed by atoms with van der Waals surface area (Å²) >= 11 is 0. The van der Waals surface area contributed by atoms with Crippen LogP contribution < -0.4 is 4.74 Å². The number of rotatable bonds is 9. The predicted octanol–water partition coefficient (Wildman–Crippen LogP) is 8.14. The van der Waals surface area contributed by atoms with E-state index < -0.39 is 0 Å². The molecule has 152 valence electrons. The average molecular weight is 383 g/mol. The van der Waals surface area contributed by atoms with Crippen LogP contribution in [0.15, 0.2) is 42.5 Å². The van der Waals surface area contributed by atoms with Gasteiger partial charge in [-0.3, -0.25) is 0 Å². The van der Waals surface area contributed by atoms with Crippen LogP contribution in [-0.2, 0) is 0 Å². The SMILES string of the molecule is CCCCCCC1CCC(c2ccc(-c3ccc(OCC)cc3)c(F)c2)CC1. The van der Waals surface area contributed by atoms with Crippen molar-refractivity contribution < 1.29 is 9.13 Å². The quantitative estimate of drug-likeness (QED) is 0.398. The molecule has 1 nitrogen and oxygen atoms in total. The Kier molecular flexibility index (Phi) is 7.94. The summed E-state index contributed by atoms with van der Waals surface area (Å²) in [5, 5.41) is 0. The van der Waals surface area contributed by atoms with E-state index in [0.29, 0.717) is 18.1 Å². The molecule has 2 aromatic carbocycles. The van der Waals surface area contributed by atoms with Gasteiger partial charge in [-0.1, -0.05) is 63.3 Å². The molecule has 0 heterocycles. The molecule has 0 aromatic heterocycles. The summed E-state index contributed by atoms with van der Waals surface area (Å²) in [5.41, 5.74) is 2.76. The monoisotopic (exact) mass is 382 g/mol. The van der Waals surface area contributed by atoms with Crippen LogP contribution in [0.1, 0.15) is 83.1 Å². The summed E-state index contributed by atoms with van der Waals surface area (Å²) in [7, 11) is 0. The smallest absolute Gasteiger partial charge is 0.131 e. The lowest BCUT2D eigenvalue weighted by Gasteiger charge is -2.29. The zero-order chi connectivity index (χ0) is 19.8. The first kappa shape index (κ1) is 20.9. The van der Waals surface area contributed by atoms with Gasteiger partial charge in [0, 0.05) is 5.56 Å². The standard InChI is InChI=1S/C26H35FO/c1-3-5-6-7-8-20-9-11-21(12-10-20)23-15-18-25(26(27)19-23)22-13-16-24(17-14-22)28-4-2/h13-21H,3-12H2,1-2H3. The van der Waals surface area contributed by atoms with Crippen molar-refractivity contribution in [2.45, 2.75) is 77.6 Å². The van der Waals surface area contributed by atoms with Gasteiger partial charge in [0.05, 0.1) is 6.61 Å². The molecule has 0 saturated heterocycles. The minimum atomic E-state index is -0.108. The lowest BCUT2D eigenvalue weighted by atomic mass is 9.77. The highest BCUT2D eigenvalue weighted by Crippen LogP contribution is 2.39. The van der Waals surface area contributed by atoms with Gasteiger partial charge in [0.2, 0.25) is 0 Å². The van der Waals surface area contributed by atoms with E-state index >= 15 is 0 Å². The average Bonchev–Trinajstić information content (AvgIpc) is 2.73. The summed E-state index contributed by atoms with van der Waals surface area (Å²) in [6.45, 7) is 4.88. The summed E-state index contributed by atoms with van der Waals surface area (Å²) in [5.74, 6) is 2.13. The second-order valence-electron chi connectivity index (χ2n) is 8.26. The minimum absolute atomic E-state index is 0.108. The van der Waals surface area contributed by atoms with Crippen LogP contribution in [0.2, 0.25) is 0 Å². The first-order valence-electron chi connectivity index (χ1n) is 11.2. The second-order valence-corrected chi connectivity index (χ2v) is 8.26. The Morgan fingerprint density at radius 2 is 1.64 bits per heavy atom. The third-order valence-corrected chi connectivity index (χ3v) is 6.25. The fraction of sp³-hybridized carbons (Fsp3) is 0.538. The Balaban J connectivity index is 1.57. The van der Waals surface area contributed by atoms with Gasteiger partial charge in [-0.2, -0.15) is 0 Å². The molecular weight excluding hydrogens is 347 g/mol. The van der Waals surface area contributed by atoms with Gasteiger partial charge in [0.25, 0.3) is 0 Å². The first-order chi connectivity index (χ1) is 13.7. The normalized spacial score (nSPS) is 19.5. The summed E-state index contributed by atoms with van der Waals surface area (Å²) in [4.78, 5) is 0. The Labute approximate surface area is 170 Å². The van der Waals surface area contributed by atoms with Gasteiger partial charge in [0.1, 0.15) is 11.6 Å². The molecule has 2 aromatic rings. The molecule has 0 aliphatic heterocycles. The van der Waals surface area contributed by atoms with E-state index in [0.717, 1.165) is 17.2 Å². The van der Waals surface area contributed by atoms with Crippen molar-refractivity contribution in [1.29, 1.82) is 0 Å². The number of halogens is 1. The van der Waals surface area contributed by atoms with E-state index in [9.17, 15) is 4.39 Å². The van der Waals surface area contributed by atoms with Crippen molar-refractivity contribution in [3.05, 3.63) is 53.8 Å². The van der Waals surface area contributed by atoms with E-state index in [1.54, 1.807) is 6.07 Å². The summed E-state index contributed by atoms with van der Waals surface area (Å²) in [6, 6.07) is 13.6. The first-order valence-corrected chi connectivity index (χ1v) is 11.2. The van der Waals surface area contributed by atoms with E-state index in [2.05, 4.69) is 13.0 Å². The topological polar surface area (TPSA) is 9.23 Å². The molecule has 3 rings (SSSR count). The number of unbranched alkanes of at least 4 members (excludes halogenated alkanes) is 3. The molecule has 28 heavy (non-hydrogen) atoms. The van der Waals surface area contributed by atoms with Crippen LogP contribution in [0.3, 0.4) is 0 Å². The van der Waals surface area contributed by atoms with Gasteiger partial charge in [-0.15, -0.1) is 0 Å². The molecular formula is C26H35FO.